The van der Waals surface area contributed by atoms with Gasteiger partial charge in [-0.2, -0.15) is 24.9 Å². The van der Waals surface area contributed by atoms with Gasteiger partial charge in [0, 0.05) is 12.3 Å². The van der Waals surface area contributed by atoms with Crippen molar-refractivity contribution in [3.05, 3.63) is 0 Å². The maximum Gasteiger partial charge on any atom is 0.414 e. The van der Waals surface area contributed by atoms with Crippen molar-refractivity contribution in [3.63, 3.8) is 0 Å². The molecule has 1 N–H and O–H groups in total. The monoisotopic (exact) mass is 271 g/mol. The Kier molecular flexibility index (Phi) is 6.09. The zero-order valence-electron chi connectivity index (χ0n) is 10.0. The standard InChI is InChI=1S/C11H20F3NOS/c1-2-17-8-7-15-5-3-9(4-6-15)10(16)11(12,13)14/h9-10,16H,2-8H2,1H3. The first-order valence-electron chi connectivity index (χ1n) is 6.00. The van der Waals surface area contributed by atoms with Crippen LogP contribution in [0.3, 0.4) is 0 Å². The summed E-state index contributed by atoms with van der Waals surface area (Å²) in [4.78, 5) is 2.18. The van der Waals surface area contributed by atoms with Crippen LogP contribution in [0.25, 0.3) is 0 Å². The topological polar surface area (TPSA) is 23.5 Å². The highest BCUT2D eigenvalue weighted by Crippen LogP contribution is 2.31. The molecule has 1 saturated heterocycles. The van der Waals surface area contributed by atoms with Crippen LogP contribution < -0.4 is 0 Å². The van der Waals surface area contributed by atoms with E-state index in [9.17, 15) is 13.2 Å². The Morgan fingerprint density at radius 1 is 1.35 bits per heavy atom. The molecule has 102 valence electrons. The van der Waals surface area contributed by atoms with Crippen LogP contribution in [0.2, 0.25) is 0 Å². The van der Waals surface area contributed by atoms with Crippen molar-refractivity contribution in [2.75, 3.05) is 31.1 Å². The Morgan fingerprint density at radius 2 is 1.94 bits per heavy atom. The van der Waals surface area contributed by atoms with Crippen LogP contribution in [0.5, 0.6) is 0 Å². The molecule has 0 radical (unpaired) electrons. The number of halogens is 3. The van der Waals surface area contributed by atoms with E-state index in [4.69, 9.17) is 5.11 Å². The molecule has 0 aliphatic carbocycles. The SMILES string of the molecule is CCSCCN1CCC(C(O)C(F)(F)F)CC1. The van der Waals surface area contributed by atoms with Crippen molar-refractivity contribution in [2.24, 2.45) is 5.92 Å². The molecule has 1 rings (SSSR count). The molecule has 2 nitrogen and oxygen atoms in total. The number of rotatable bonds is 5. The van der Waals surface area contributed by atoms with Gasteiger partial charge in [-0.05, 0) is 37.6 Å². The quantitative estimate of drug-likeness (QED) is 0.777. The minimum Gasteiger partial charge on any atom is -0.383 e. The van der Waals surface area contributed by atoms with E-state index in [0.29, 0.717) is 25.9 Å². The smallest absolute Gasteiger partial charge is 0.383 e. The van der Waals surface area contributed by atoms with Gasteiger partial charge >= 0.3 is 6.18 Å². The minimum absolute atomic E-state index is 0.442. The van der Waals surface area contributed by atoms with Gasteiger partial charge in [0.05, 0.1) is 0 Å². The number of aliphatic hydroxyl groups is 1. The average molecular weight is 271 g/mol. The number of alkyl halides is 3. The number of hydrogen-bond acceptors (Lipinski definition) is 3. The van der Waals surface area contributed by atoms with Crippen molar-refractivity contribution < 1.29 is 18.3 Å². The Morgan fingerprint density at radius 3 is 2.41 bits per heavy atom. The lowest BCUT2D eigenvalue weighted by Gasteiger charge is -2.34. The van der Waals surface area contributed by atoms with E-state index in [0.717, 1.165) is 18.1 Å². The van der Waals surface area contributed by atoms with Crippen LogP contribution in [-0.4, -0.2) is 53.4 Å². The third kappa shape index (κ3) is 5.06. The third-order valence-corrected chi connectivity index (χ3v) is 4.05. The van der Waals surface area contributed by atoms with Gasteiger partial charge in [0.1, 0.15) is 0 Å². The Bertz CT molecular complexity index is 217. The van der Waals surface area contributed by atoms with Crippen molar-refractivity contribution in [1.82, 2.24) is 4.90 Å². The fourth-order valence-corrected chi connectivity index (χ4v) is 2.77. The highest BCUT2D eigenvalue weighted by Gasteiger charge is 2.43. The second kappa shape index (κ2) is 6.85. The molecular formula is C11H20F3NOS. The molecule has 1 fully saturated rings. The maximum absolute atomic E-state index is 12.3. The first kappa shape index (κ1) is 15.1. The van der Waals surface area contributed by atoms with Gasteiger partial charge in [-0.15, -0.1) is 0 Å². The predicted molar refractivity (Wildman–Crippen MR) is 64.2 cm³/mol. The van der Waals surface area contributed by atoms with Gasteiger partial charge in [0.2, 0.25) is 0 Å². The fourth-order valence-electron chi connectivity index (χ4n) is 2.10. The Balaban J connectivity index is 2.26. The van der Waals surface area contributed by atoms with E-state index in [1.165, 1.54) is 0 Å². The van der Waals surface area contributed by atoms with Gasteiger partial charge < -0.3 is 10.0 Å². The van der Waals surface area contributed by atoms with Crippen LogP contribution >= 0.6 is 11.8 Å². The first-order valence-corrected chi connectivity index (χ1v) is 7.15. The largest absolute Gasteiger partial charge is 0.414 e. The van der Waals surface area contributed by atoms with Gasteiger partial charge in [0.25, 0.3) is 0 Å². The zero-order valence-corrected chi connectivity index (χ0v) is 10.9. The molecule has 1 aliphatic heterocycles. The van der Waals surface area contributed by atoms with E-state index in [-0.39, 0.29) is 0 Å². The molecular weight excluding hydrogens is 251 g/mol. The van der Waals surface area contributed by atoms with Crippen LogP contribution in [-0.2, 0) is 0 Å². The summed E-state index contributed by atoms with van der Waals surface area (Å²) in [5.74, 6) is 1.48. The molecule has 0 aromatic heterocycles. The summed E-state index contributed by atoms with van der Waals surface area (Å²) in [7, 11) is 0. The van der Waals surface area contributed by atoms with Crippen LogP contribution in [0.1, 0.15) is 19.8 Å². The van der Waals surface area contributed by atoms with Crippen LogP contribution in [0.4, 0.5) is 13.2 Å². The van der Waals surface area contributed by atoms with Crippen molar-refractivity contribution in [1.29, 1.82) is 0 Å². The fraction of sp³-hybridized carbons (Fsp3) is 1.00. The number of piperidine rings is 1. The second-order valence-electron chi connectivity index (χ2n) is 4.36. The van der Waals surface area contributed by atoms with Gasteiger partial charge in [-0.1, -0.05) is 6.92 Å². The number of thioether (sulfide) groups is 1. The van der Waals surface area contributed by atoms with E-state index < -0.39 is 18.2 Å². The number of nitrogens with zero attached hydrogens (tertiary/aromatic N) is 1. The molecule has 1 aliphatic rings. The zero-order chi connectivity index (χ0) is 12.9. The lowest BCUT2D eigenvalue weighted by atomic mass is 9.91. The summed E-state index contributed by atoms with van der Waals surface area (Å²) in [6, 6.07) is 0. The number of hydrogen-bond donors (Lipinski definition) is 1. The van der Waals surface area contributed by atoms with Gasteiger partial charge in [-0.25, -0.2) is 0 Å². The van der Waals surface area contributed by atoms with E-state index >= 15 is 0 Å². The molecule has 0 aromatic carbocycles. The lowest BCUT2D eigenvalue weighted by Crippen LogP contribution is -2.43. The summed E-state index contributed by atoms with van der Waals surface area (Å²) in [6.07, 6.45) is -5.73. The molecule has 0 saturated carbocycles. The Labute approximate surface area is 105 Å². The van der Waals surface area contributed by atoms with Crippen molar-refractivity contribution in [3.8, 4) is 0 Å². The van der Waals surface area contributed by atoms with E-state index in [1.807, 2.05) is 11.8 Å². The normalized spacial score (nSPS) is 21.7. The summed E-state index contributed by atoms with van der Waals surface area (Å²) in [5, 5.41) is 9.16. The molecule has 0 bridgehead atoms. The summed E-state index contributed by atoms with van der Waals surface area (Å²) in [6.45, 7) is 4.37. The predicted octanol–water partition coefficient (Wildman–Crippen LogP) is 2.37. The van der Waals surface area contributed by atoms with E-state index in [1.54, 1.807) is 0 Å². The van der Waals surface area contributed by atoms with Crippen LogP contribution in [0, 0.1) is 5.92 Å². The van der Waals surface area contributed by atoms with Gasteiger partial charge in [-0.3, -0.25) is 0 Å². The Hall–Kier alpha value is 0.0600. The molecule has 1 atom stereocenters. The number of aliphatic hydroxyl groups excluding tert-OH is 1. The van der Waals surface area contributed by atoms with Crippen molar-refractivity contribution in [2.45, 2.75) is 32.0 Å². The molecule has 17 heavy (non-hydrogen) atoms. The highest BCUT2D eigenvalue weighted by molar-refractivity contribution is 7.99. The molecule has 1 unspecified atom stereocenters. The third-order valence-electron chi connectivity index (χ3n) is 3.17. The summed E-state index contributed by atoms with van der Waals surface area (Å²) < 4.78 is 36.9. The molecule has 0 amide bonds. The first-order chi connectivity index (χ1) is 7.95. The molecule has 0 spiro atoms. The lowest BCUT2D eigenvalue weighted by molar-refractivity contribution is -0.223. The maximum atomic E-state index is 12.3. The summed E-state index contributed by atoms with van der Waals surface area (Å²) >= 11 is 1.84. The molecule has 1 heterocycles. The van der Waals surface area contributed by atoms with Gasteiger partial charge in [0.15, 0.2) is 6.10 Å². The van der Waals surface area contributed by atoms with Crippen molar-refractivity contribution >= 4 is 11.8 Å². The number of likely N-dealkylation sites (tertiary alicyclic amines) is 1. The molecule has 6 heteroatoms. The second-order valence-corrected chi connectivity index (χ2v) is 5.76. The average Bonchev–Trinajstić information content (AvgIpc) is 2.28. The van der Waals surface area contributed by atoms with Crippen LogP contribution in [0.15, 0.2) is 0 Å². The minimum atomic E-state index is -4.47. The van der Waals surface area contributed by atoms with E-state index in [2.05, 4.69) is 11.8 Å². The highest BCUT2D eigenvalue weighted by atomic mass is 32.2. The summed E-state index contributed by atoms with van der Waals surface area (Å²) in [5.41, 5.74) is 0. The molecule has 0 aromatic rings.